The second-order valence-corrected chi connectivity index (χ2v) is 7.12. The lowest BCUT2D eigenvalue weighted by Gasteiger charge is -2.35. The molecule has 0 aromatic heterocycles. The first-order valence-corrected chi connectivity index (χ1v) is 7.97. The maximum Gasteiger partial charge on any atom is 0.285 e. The molecule has 6 unspecified atom stereocenters. The van der Waals surface area contributed by atoms with E-state index in [1.54, 1.807) is 6.08 Å². The second-order valence-electron chi connectivity index (χ2n) is 7.12. The van der Waals surface area contributed by atoms with E-state index in [0.29, 0.717) is 6.42 Å². The molecule has 0 aromatic rings. The van der Waals surface area contributed by atoms with Crippen LogP contribution in [-0.2, 0) is 0 Å². The molecule has 0 nitrogen and oxygen atoms in total. The summed E-state index contributed by atoms with van der Waals surface area (Å²) >= 11 is 0. The lowest BCUT2D eigenvalue weighted by atomic mass is 9.71. The van der Waals surface area contributed by atoms with E-state index >= 15 is 0 Å². The molecule has 4 rings (SSSR count). The highest BCUT2D eigenvalue weighted by atomic mass is 19.3. The number of alkyl halides is 6. The molecule has 23 heavy (non-hydrogen) atoms. The summed E-state index contributed by atoms with van der Waals surface area (Å²) in [5.41, 5.74) is -1.03. The summed E-state index contributed by atoms with van der Waals surface area (Å²) in [6.07, 6.45) is 5.88. The van der Waals surface area contributed by atoms with E-state index < -0.39 is 55.3 Å². The molecule has 4 bridgehead atoms. The van der Waals surface area contributed by atoms with Gasteiger partial charge in [0.2, 0.25) is 0 Å². The van der Waals surface area contributed by atoms with Crippen molar-refractivity contribution in [2.45, 2.75) is 24.9 Å². The van der Waals surface area contributed by atoms with E-state index in [1.165, 1.54) is 6.08 Å². The summed E-state index contributed by atoms with van der Waals surface area (Å²) in [5, 5.41) is 0. The zero-order valence-electron chi connectivity index (χ0n) is 12.6. The highest BCUT2D eigenvalue weighted by Gasteiger charge is 2.59. The van der Waals surface area contributed by atoms with Crippen molar-refractivity contribution in [3.8, 4) is 0 Å². The van der Waals surface area contributed by atoms with E-state index in [-0.39, 0.29) is 11.8 Å². The molecule has 0 radical (unpaired) electrons. The highest BCUT2D eigenvalue weighted by molar-refractivity contribution is 5.19. The van der Waals surface area contributed by atoms with Gasteiger partial charge in [0.1, 0.15) is 0 Å². The Kier molecular flexibility index (Phi) is 4.30. The molecule has 2 saturated carbocycles. The van der Waals surface area contributed by atoms with Gasteiger partial charge in [-0.1, -0.05) is 24.3 Å². The quantitative estimate of drug-likeness (QED) is 0.509. The lowest BCUT2D eigenvalue weighted by molar-refractivity contribution is -0.0816. The van der Waals surface area contributed by atoms with Crippen LogP contribution in [0.15, 0.2) is 24.3 Å². The van der Waals surface area contributed by atoms with Gasteiger partial charge in [-0.2, -0.15) is 0 Å². The number of allylic oxidation sites excluding steroid dienone is 4. The van der Waals surface area contributed by atoms with Gasteiger partial charge < -0.3 is 0 Å². The fourth-order valence-electron chi connectivity index (χ4n) is 4.57. The number of fused-ring (bicyclic) bond motifs is 4. The average molecular weight is 338 g/mol. The van der Waals surface area contributed by atoms with Crippen LogP contribution in [0.1, 0.15) is 12.8 Å². The van der Waals surface area contributed by atoms with Crippen molar-refractivity contribution in [1.29, 1.82) is 0 Å². The molecule has 4 aliphatic carbocycles. The third kappa shape index (κ3) is 2.35. The van der Waals surface area contributed by atoms with E-state index in [2.05, 4.69) is 0 Å². The Bertz CT molecular complexity index is 495. The van der Waals surface area contributed by atoms with Gasteiger partial charge in [0.25, 0.3) is 5.92 Å². The minimum Gasteiger partial charge on any atom is -0.251 e. The molecule has 0 spiro atoms. The van der Waals surface area contributed by atoms with Crippen LogP contribution in [0, 0.1) is 35.0 Å². The highest BCUT2D eigenvalue weighted by Crippen LogP contribution is 2.56. The first kappa shape index (κ1) is 16.9. The van der Waals surface area contributed by atoms with E-state index in [0.717, 1.165) is 6.42 Å². The molecule has 0 aliphatic heterocycles. The zero-order valence-corrected chi connectivity index (χ0v) is 12.6. The van der Waals surface area contributed by atoms with Crippen molar-refractivity contribution < 1.29 is 26.3 Å². The van der Waals surface area contributed by atoms with Crippen molar-refractivity contribution in [2.24, 2.45) is 35.0 Å². The van der Waals surface area contributed by atoms with Crippen LogP contribution < -0.4 is 0 Å². The van der Waals surface area contributed by atoms with Crippen molar-refractivity contribution in [2.75, 3.05) is 20.0 Å². The summed E-state index contributed by atoms with van der Waals surface area (Å²) in [7, 11) is 0. The molecule has 130 valence electrons. The minimum atomic E-state index is -3.08. The monoisotopic (exact) mass is 338 g/mol. The van der Waals surface area contributed by atoms with E-state index in [4.69, 9.17) is 0 Å². The van der Waals surface area contributed by atoms with E-state index in [9.17, 15) is 26.3 Å². The summed E-state index contributed by atoms with van der Waals surface area (Å²) in [4.78, 5) is 0. The minimum absolute atomic E-state index is 0.0708. The normalized spacial score (nSPS) is 43.7. The fourth-order valence-corrected chi connectivity index (χ4v) is 4.57. The molecule has 0 heterocycles. The SMILES string of the molecule is FC1C2C=CC(C2)C1(F)F.FCC1C2C=CC(C2)C1(CF)CF. The second kappa shape index (κ2) is 5.85. The van der Waals surface area contributed by atoms with Crippen LogP contribution in [0.5, 0.6) is 0 Å². The van der Waals surface area contributed by atoms with Crippen molar-refractivity contribution >= 4 is 0 Å². The maximum atomic E-state index is 12.8. The Labute approximate surface area is 131 Å². The van der Waals surface area contributed by atoms with Crippen molar-refractivity contribution in [3.05, 3.63) is 24.3 Å². The van der Waals surface area contributed by atoms with Gasteiger partial charge in [0, 0.05) is 23.2 Å². The molecule has 0 saturated heterocycles. The molecular formula is C17H20F6. The smallest absolute Gasteiger partial charge is 0.251 e. The van der Waals surface area contributed by atoms with Crippen LogP contribution in [0.25, 0.3) is 0 Å². The van der Waals surface area contributed by atoms with Crippen LogP contribution in [0.4, 0.5) is 26.3 Å². The van der Waals surface area contributed by atoms with Crippen LogP contribution >= 0.6 is 0 Å². The van der Waals surface area contributed by atoms with Gasteiger partial charge >= 0.3 is 0 Å². The fraction of sp³-hybridized carbons (Fsp3) is 0.765. The molecular weight excluding hydrogens is 318 g/mol. The molecule has 0 amide bonds. The Balaban J connectivity index is 0.000000140. The standard InChI is InChI=1S/C10H13F3.C7H7F3/c11-4-9-7-1-2-8(3-7)10(9,5-12)6-13;8-6-4-1-2-5(3-4)7(6,9)10/h1-2,7-9H,3-6H2;1-2,4-6H,3H2. The summed E-state index contributed by atoms with van der Waals surface area (Å²) in [6.45, 7) is -2.06. The van der Waals surface area contributed by atoms with Crippen LogP contribution in [-0.4, -0.2) is 32.1 Å². The molecule has 0 N–H and O–H groups in total. The Morgan fingerprint density at radius 3 is 1.78 bits per heavy atom. The first-order valence-electron chi connectivity index (χ1n) is 7.97. The Morgan fingerprint density at radius 2 is 1.39 bits per heavy atom. The van der Waals surface area contributed by atoms with Gasteiger partial charge in [-0.05, 0) is 24.7 Å². The molecule has 6 heteroatoms. The number of rotatable bonds is 3. The molecule has 0 aromatic carbocycles. The van der Waals surface area contributed by atoms with E-state index in [1.807, 2.05) is 12.2 Å². The molecule has 4 aliphatic rings. The van der Waals surface area contributed by atoms with Gasteiger partial charge in [0.05, 0.1) is 20.0 Å². The number of hydrogen-bond donors (Lipinski definition) is 0. The van der Waals surface area contributed by atoms with Gasteiger partial charge in [-0.3, -0.25) is 13.2 Å². The Morgan fingerprint density at radius 1 is 0.826 bits per heavy atom. The lowest BCUT2D eigenvalue weighted by Crippen LogP contribution is -2.39. The third-order valence-electron chi connectivity index (χ3n) is 6.13. The van der Waals surface area contributed by atoms with Crippen molar-refractivity contribution in [1.82, 2.24) is 0 Å². The van der Waals surface area contributed by atoms with Crippen molar-refractivity contribution in [3.63, 3.8) is 0 Å². The summed E-state index contributed by atoms with van der Waals surface area (Å²) in [5.74, 6) is -4.86. The predicted molar refractivity (Wildman–Crippen MR) is 75.2 cm³/mol. The Hall–Kier alpha value is -0.940. The maximum absolute atomic E-state index is 12.8. The predicted octanol–water partition coefficient (Wildman–Crippen LogP) is 4.87. The van der Waals surface area contributed by atoms with Gasteiger partial charge in [-0.15, -0.1) is 0 Å². The summed E-state index contributed by atoms with van der Waals surface area (Å²) in [6, 6.07) is 0. The topological polar surface area (TPSA) is 0 Å². The molecule has 2 fully saturated rings. The van der Waals surface area contributed by atoms with Crippen LogP contribution in [0.2, 0.25) is 0 Å². The summed E-state index contributed by atoms with van der Waals surface area (Å²) < 4.78 is 76.1. The van der Waals surface area contributed by atoms with Crippen LogP contribution in [0.3, 0.4) is 0 Å². The van der Waals surface area contributed by atoms with Gasteiger partial charge in [-0.25, -0.2) is 13.2 Å². The number of hydrogen-bond acceptors (Lipinski definition) is 0. The van der Waals surface area contributed by atoms with Gasteiger partial charge in [0.15, 0.2) is 6.17 Å². The third-order valence-corrected chi connectivity index (χ3v) is 6.13. The average Bonchev–Trinajstić information content (AvgIpc) is 3.29. The number of halogens is 6. The first-order chi connectivity index (χ1) is 10.9. The zero-order chi connectivity index (χ0) is 16.8. The largest absolute Gasteiger partial charge is 0.285 e. The molecule has 6 atom stereocenters.